The molecule has 0 heterocycles. The minimum Gasteiger partial charge on any atom is -0.550 e. The molecule has 0 aromatic rings. The fourth-order valence-electron chi connectivity index (χ4n) is 5.64. The van der Waals surface area contributed by atoms with Gasteiger partial charge >= 0.3 is 35.8 Å². The molecule has 0 aliphatic heterocycles. The average Bonchev–Trinajstić information content (AvgIpc) is 3.01. The molecule has 0 aliphatic carbocycles. The van der Waals surface area contributed by atoms with E-state index in [4.69, 9.17) is 18.9 Å². The van der Waals surface area contributed by atoms with Gasteiger partial charge in [-0.15, -0.1) is 0 Å². The predicted octanol–water partition coefficient (Wildman–Crippen LogP) is 2.02. The van der Waals surface area contributed by atoms with E-state index in [2.05, 4.69) is 0 Å². The monoisotopic (exact) mass is 758 g/mol. The van der Waals surface area contributed by atoms with Crippen molar-refractivity contribution in [3.05, 3.63) is 0 Å². The normalized spacial score (nSPS) is 15.8. The lowest BCUT2D eigenvalue weighted by atomic mass is 9.82. The van der Waals surface area contributed by atoms with Crippen molar-refractivity contribution < 1.29 is 77.7 Å². The number of esters is 4. The number of hydrogen-bond donors (Lipinski definition) is 2. The van der Waals surface area contributed by atoms with Gasteiger partial charge in [0.05, 0.1) is 33.5 Å². The van der Waals surface area contributed by atoms with E-state index in [-0.39, 0.29) is 25.7 Å². The van der Waals surface area contributed by atoms with Crippen LogP contribution in [0.15, 0.2) is 0 Å². The van der Waals surface area contributed by atoms with Crippen LogP contribution in [0.4, 0.5) is 0 Å². The Morgan fingerprint density at radius 2 is 0.623 bits per heavy atom. The number of carboxylic acids is 4. The quantitative estimate of drug-likeness (QED) is 0.105. The van der Waals surface area contributed by atoms with E-state index < -0.39 is 125 Å². The number of aliphatic carboxylic acids is 4. The molecule has 0 aliphatic rings. The lowest BCUT2D eigenvalue weighted by molar-refractivity contribution is -0.313. The smallest absolute Gasteiger partial charge is 0.311 e. The summed E-state index contributed by atoms with van der Waals surface area (Å²) in [5, 5.41) is 41.6. The molecule has 0 aromatic heterocycles. The van der Waals surface area contributed by atoms with Crippen LogP contribution < -0.4 is 10.2 Å². The Bertz CT molecular complexity index is 1150. The first-order valence-electron chi connectivity index (χ1n) is 17.4. The molecule has 16 heteroatoms. The zero-order valence-corrected chi connectivity index (χ0v) is 33.1. The Kier molecular flexibility index (Phi) is 17.7. The minimum absolute atomic E-state index is 0.140. The first-order valence-corrected chi connectivity index (χ1v) is 17.4. The second-order valence-corrected chi connectivity index (χ2v) is 17.1. The number of carboxylic acid groups (broad SMARTS) is 4. The zero-order chi connectivity index (χ0) is 41.9. The summed E-state index contributed by atoms with van der Waals surface area (Å²) in [5.74, 6) is -12.7. The maximum Gasteiger partial charge on any atom is 0.311 e. The van der Waals surface area contributed by atoms with Gasteiger partial charge in [-0.3, -0.25) is 28.8 Å². The topological polar surface area (TPSA) is 260 Å². The van der Waals surface area contributed by atoms with E-state index in [0.717, 1.165) is 0 Å². The Morgan fingerprint density at radius 3 is 0.792 bits per heavy atom. The average molecular weight is 759 g/mol. The highest BCUT2D eigenvalue weighted by molar-refractivity contribution is 5.80. The van der Waals surface area contributed by atoms with Gasteiger partial charge in [-0.1, -0.05) is 27.7 Å². The van der Waals surface area contributed by atoms with Crippen molar-refractivity contribution in [3.63, 3.8) is 0 Å². The highest BCUT2D eigenvalue weighted by Crippen LogP contribution is 2.34. The van der Waals surface area contributed by atoms with Crippen molar-refractivity contribution in [1.82, 2.24) is 0 Å². The predicted molar refractivity (Wildman–Crippen MR) is 182 cm³/mol. The molecule has 0 bridgehead atoms. The number of hydrogen-bond acceptors (Lipinski definition) is 14. The first-order chi connectivity index (χ1) is 23.8. The van der Waals surface area contributed by atoms with Gasteiger partial charge in [0, 0.05) is 11.9 Å². The van der Waals surface area contributed by atoms with Crippen LogP contribution in [0.3, 0.4) is 0 Å². The maximum absolute atomic E-state index is 13.4. The Balaban J connectivity index is 6.94. The molecule has 0 fully saturated rings. The highest BCUT2D eigenvalue weighted by atomic mass is 16.6. The summed E-state index contributed by atoms with van der Waals surface area (Å²) in [5.41, 5.74) is -7.38. The van der Waals surface area contributed by atoms with Gasteiger partial charge in [0.25, 0.3) is 0 Å². The lowest BCUT2D eigenvalue weighted by Gasteiger charge is -2.36. The van der Waals surface area contributed by atoms with Crippen molar-refractivity contribution in [2.75, 3.05) is 26.4 Å². The number of rotatable bonds is 24. The lowest BCUT2D eigenvalue weighted by Crippen LogP contribution is -2.47. The van der Waals surface area contributed by atoms with Crippen molar-refractivity contribution in [3.8, 4) is 0 Å². The molecule has 0 saturated heterocycles. The molecule has 0 amide bonds. The second-order valence-electron chi connectivity index (χ2n) is 17.1. The van der Waals surface area contributed by atoms with E-state index in [1.54, 1.807) is 0 Å². The van der Waals surface area contributed by atoms with Crippen LogP contribution in [0.5, 0.6) is 0 Å². The molecule has 53 heavy (non-hydrogen) atoms. The van der Waals surface area contributed by atoms with Crippen LogP contribution >= 0.6 is 0 Å². The van der Waals surface area contributed by atoms with Crippen LogP contribution in [0.1, 0.15) is 109 Å². The molecule has 0 rings (SSSR count). The molecule has 0 aromatic carbocycles. The summed E-state index contributed by atoms with van der Waals surface area (Å²) in [4.78, 5) is 99.4. The van der Waals surface area contributed by atoms with Crippen molar-refractivity contribution >= 4 is 47.8 Å². The van der Waals surface area contributed by atoms with E-state index in [1.165, 1.54) is 83.1 Å². The summed E-state index contributed by atoms with van der Waals surface area (Å²) < 4.78 is 22.5. The first kappa shape index (κ1) is 48.8. The summed E-state index contributed by atoms with van der Waals surface area (Å²) in [6.07, 6.45) is -0.676. The van der Waals surface area contributed by atoms with Gasteiger partial charge in [-0.2, -0.15) is 0 Å². The fraction of sp³-hybridized carbons (Fsp3) is 0.784. The minimum atomic E-state index is -1.84. The number of ether oxygens (including phenoxy) is 4. The van der Waals surface area contributed by atoms with Crippen LogP contribution in [0.25, 0.3) is 0 Å². The molecule has 4 unspecified atom stereocenters. The van der Waals surface area contributed by atoms with Gasteiger partial charge in [0.1, 0.15) is 31.8 Å². The molecule has 4 atom stereocenters. The standard InChI is InChI=1S/C37H60O16/c1-21(25(38)39)13-33(5,6)29(46)50-17-37(18-51-30(47)34(7,8)14-22(2)26(40)41,19-52-31(48)35(9,10)15-23(3)27(42)43)20-53-32(49)36(11,12)16-24(4)28(44)45/h21-24H,13-20H2,1-12H3,(H,38,39)(H,40,41)(H,42,43)(H,44,45)/p-2. The Labute approximate surface area is 311 Å². The van der Waals surface area contributed by atoms with E-state index in [0.29, 0.717) is 0 Å². The molecule has 0 radical (unpaired) electrons. The third kappa shape index (κ3) is 15.7. The number of carbonyl (C=O) groups excluding carboxylic acids is 6. The molecule has 0 saturated carbocycles. The van der Waals surface area contributed by atoms with Gasteiger partial charge in [0.15, 0.2) is 0 Å². The molecular formula is C37H58O16-2. The second kappa shape index (κ2) is 19.2. The van der Waals surface area contributed by atoms with Gasteiger partial charge < -0.3 is 49.0 Å². The van der Waals surface area contributed by atoms with Crippen LogP contribution in [-0.2, 0) is 57.3 Å². The summed E-state index contributed by atoms with van der Waals surface area (Å²) in [6.45, 7) is 14.1. The third-order valence-corrected chi connectivity index (χ3v) is 9.16. The molecular weight excluding hydrogens is 700 g/mol. The molecule has 0 spiro atoms. The summed E-state index contributed by atoms with van der Waals surface area (Å²) in [6, 6.07) is 0. The zero-order valence-electron chi connectivity index (χ0n) is 33.1. The van der Waals surface area contributed by atoms with Crippen LogP contribution in [0, 0.1) is 50.7 Å². The van der Waals surface area contributed by atoms with Gasteiger partial charge in [-0.05, 0) is 92.9 Å². The van der Waals surface area contributed by atoms with Crippen molar-refractivity contribution in [1.29, 1.82) is 0 Å². The molecule has 16 nitrogen and oxygen atoms in total. The van der Waals surface area contributed by atoms with Gasteiger partial charge in [-0.25, -0.2) is 0 Å². The van der Waals surface area contributed by atoms with E-state index in [9.17, 15) is 58.8 Å². The molecule has 2 N–H and O–H groups in total. The third-order valence-electron chi connectivity index (χ3n) is 9.16. The highest BCUT2D eigenvalue weighted by Gasteiger charge is 2.44. The Hall–Kier alpha value is -4.24. The van der Waals surface area contributed by atoms with Crippen LogP contribution in [0.2, 0.25) is 0 Å². The largest absolute Gasteiger partial charge is 0.550 e. The van der Waals surface area contributed by atoms with Crippen molar-refractivity contribution in [2.45, 2.75) is 109 Å². The SMILES string of the molecule is CC(CC(C)(C)C(=O)OCC(COC(=O)C(C)(C)CC(C)C(=O)[O-])(COC(=O)C(C)(C)CC(C)C(=O)O)COC(=O)C(C)(C)CC(C)C(=O)O)C(=O)[O-]. The van der Waals surface area contributed by atoms with Crippen molar-refractivity contribution in [2.24, 2.45) is 50.7 Å². The maximum atomic E-state index is 13.4. The Morgan fingerprint density at radius 1 is 0.434 bits per heavy atom. The fourth-order valence-corrected chi connectivity index (χ4v) is 5.64. The van der Waals surface area contributed by atoms with E-state index in [1.807, 2.05) is 0 Å². The van der Waals surface area contributed by atoms with Crippen LogP contribution in [-0.4, -0.2) is 84.4 Å². The van der Waals surface area contributed by atoms with E-state index >= 15 is 0 Å². The summed E-state index contributed by atoms with van der Waals surface area (Å²) in [7, 11) is 0. The molecule has 304 valence electrons. The number of carbonyl (C=O) groups is 8. The summed E-state index contributed by atoms with van der Waals surface area (Å²) >= 11 is 0. The van der Waals surface area contributed by atoms with Gasteiger partial charge in [0.2, 0.25) is 0 Å².